The second kappa shape index (κ2) is 3.31. The number of benzene rings is 1. The van der Waals surface area contributed by atoms with Gasteiger partial charge in [0, 0.05) is 12.1 Å². The Hall–Kier alpha value is -1.55. The van der Waals surface area contributed by atoms with Crippen LogP contribution in [0.2, 0.25) is 5.02 Å². The molecule has 0 aliphatic rings. The molecule has 2 rings (SSSR count). The molecular formula is C9H8ClN3O. The van der Waals surface area contributed by atoms with Crippen LogP contribution in [0.15, 0.2) is 35.4 Å². The molecule has 5 heteroatoms. The summed E-state index contributed by atoms with van der Waals surface area (Å²) < 4.78 is 2.70. The fourth-order valence-corrected chi connectivity index (χ4v) is 1.37. The van der Waals surface area contributed by atoms with Crippen molar-refractivity contribution < 1.29 is 0 Å². The Morgan fingerprint density at radius 2 is 2.21 bits per heavy atom. The number of aromatic nitrogens is 3. The maximum absolute atomic E-state index is 11.5. The summed E-state index contributed by atoms with van der Waals surface area (Å²) in [6.45, 7) is 0. The van der Waals surface area contributed by atoms with Crippen LogP contribution in [0, 0.1) is 0 Å². The minimum atomic E-state index is -0.188. The number of rotatable bonds is 1. The third kappa shape index (κ3) is 1.44. The fourth-order valence-electron chi connectivity index (χ4n) is 1.19. The maximum Gasteiger partial charge on any atom is 0.350 e. The molecule has 1 aromatic carbocycles. The highest BCUT2D eigenvalue weighted by atomic mass is 35.5. The monoisotopic (exact) mass is 209 g/mol. The molecule has 1 aromatic heterocycles. The van der Waals surface area contributed by atoms with Crippen molar-refractivity contribution >= 4 is 11.6 Å². The van der Waals surface area contributed by atoms with Crippen molar-refractivity contribution in [3.63, 3.8) is 0 Å². The van der Waals surface area contributed by atoms with E-state index in [1.165, 1.54) is 15.6 Å². The Labute approximate surface area is 85.4 Å². The highest BCUT2D eigenvalue weighted by Gasteiger charge is 2.03. The first kappa shape index (κ1) is 9.02. The summed E-state index contributed by atoms with van der Waals surface area (Å²) in [5.74, 6) is 0. The van der Waals surface area contributed by atoms with E-state index >= 15 is 0 Å². The topological polar surface area (TPSA) is 39.8 Å². The fraction of sp³-hybridized carbons (Fsp3) is 0.111. The lowest BCUT2D eigenvalue weighted by Gasteiger charge is -1.99. The molecular weight excluding hydrogens is 202 g/mol. The van der Waals surface area contributed by atoms with E-state index in [0.717, 1.165) is 5.69 Å². The second-order valence-corrected chi connectivity index (χ2v) is 3.32. The van der Waals surface area contributed by atoms with Crippen LogP contribution in [0.1, 0.15) is 0 Å². The van der Waals surface area contributed by atoms with E-state index in [4.69, 9.17) is 11.6 Å². The van der Waals surface area contributed by atoms with Crippen molar-refractivity contribution in [1.29, 1.82) is 0 Å². The molecule has 0 aliphatic carbocycles. The first-order valence-corrected chi connectivity index (χ1v) is 4.43. The molecule has 0 unspecified atom stereocenters. The van der Waals surface area contributed by atoms with Gasteiger partial charge >= 0.3 is 5.69 Å². The standard InChI is InChI=1S/C9H8ClN3O/c1-12-9(14)13(6-11-12)8-4-2-3-7(10)5-8/h2-6H,1H3. The van der Waals surface area contributed by atoms with Crippen LogP contribution in [0.25, 0.3) is 5.69 Å². The Kier molecular flexibility index (Phi) is 2.13. The van der Waals surface area contributed by atoms with E-state index < -0.39 is 0 Å². The lowest BCUT2D eigenvalue weighted by Crippen LogP contribution is -2.21. The predicted molar refractivity (Wildman–Crippen MR) is 53.8 cm³/mol. The van der Waals surface area contributed by atoms with Crippen LogP contribution in [-0.4, -0.2) is 14.3 Å². The zero-order chi connectivity index (χ0) is 10.1. The molecule has 0 amide bonds. The van der Waals surface area contributed by atoms with E-state index in [2.05, 4.69) is 5.10 Å². The molecule has 0 saturated carbocycles. The zero-order valence-electron chi connectivity index (χ0n) is 7.51. The SMILES string of the molecule is Cn1ncn(-c2cccc(Cl)c2)c1=O. The van der Waals surface area contributed by atoms with Gasteiger partial charge in [0.2, 0.25) is 0 Å². The van der Waals surface area contributed by atoms with Crippen molar-refractivity contribution in [2.24, 2.45) is 7.05 Å². The van der Waals surface area contributed by atoms with Crippen molar-refractivity contribution in [3.05, 3.63) is 46.1 Å². The highest BCUT2D eigenvalue weighted by molar-refractivity contribution is 6.30. The summed E-state index contributed by atoms with van der Waals surface area (Å²) in [5.41, 5.74) is 0.530. The number of aryl methyl sites for hydroxylation is 1. The van der Waals surface area contributed by atoms with Gasteiger partial charge in [-0.15, -0.1) is 0 Å². The van der Waals surface area contributed by atoms with Gasteiger partial charge in [0.15, 0.2) is 0 Å². The molecule has 0 aliphatic heterocycles. The van der Waals surface area contributed by atoms with Crippen LogP contribution in [-0.2, 0) is 7.05 Å². The molecule has 0 atom stereocenters. The van der Waals surface area contributed by atoms with Gasteiger partial charge < -0.3 is 0 Å². The van der Waals surface area contributed by atoms with Crippen LogP contribution in [0.3, 0.4) is 0 Å². The van der Waals surface area contributed by atoms with Crippen molar-refractivity contribution in [3.8, 4) is 5.69 Å². The van der Waals surface area contributed by atoms with Crippen molar-refractivity contribution in [2.45, 2.75) is 0 Å². The molecule has 2 aromatic rings. The average molecular weight is 210 g/mol. The minimum absolute atomic E-state index is 0.188. The lowest BCUT2D eigenvalue weighted by atomic mass is 10.3. The molecule has 14 heavy (non-hydrogen) atoms. The van der Waals surface area contributed by atoms with Gasteiger partial charge in [0.05, 0.1) is 5.69 Å². The summed E-state index contributed by atoms with van der Waals surface area (Å²) >= 11 is 5.81. The third-order valence-corrected chi connectivity index (χ3v) is 2.14. The number of hydrogen-bond acceptors (Lipinski definition) is 2. The molecule has 0 bridgehead atoms. The smallest absolute Gasteiger partial charge is 0.250 e. The predicted octanol–water partition coefficient (Wildman–Crippen LogP) is 1.22. The van der Waals surface area contributed by atoms with E-state index in [0.29, 0.717) is 5.02 Å². The lowest BCUT2D eigenvalue weighted by molar-refractivity contribution is 0.726. The summed E-state index contributed by atoms with van der Waals surface area (Å²) in [6.07, 6.45) is 1.47. The van der Waals surface area contributed by atoms with Gasteiger partial charge in [-0.3, -0.25) is 0 Å². The summed E-state index contributed by atoms with van der Waals surface area (Å²) in [7, 11) is 1.60. The van der Waals surface area contributed by atoms with E-state index in [1.54, 1.807) is 31.3 Å². The van der Waals surface area contributed by atoms with E-state index in [1.807, 2.05) is 0 Å². The Morgan fingerprint density at radius 3 is 2.79 bits per heavy atom. The molecule has 1 heterocycles. The molecule has 4 nitrogen and oxygen atoms in total. The van der Waals surface area contributed by atoms with E-state index in [9.17, 15) is 4.79 Å². The molecule has 0 spiro atoms. The van der Waals surface area contributed by atoms with Gasteiger partial charge in [-0.25, -0.2) is 14.0 Å². The first-order valence-electron chi connectivity index (χ1n) is 4.05. The van der Waals surface area contributed by atoms with E-state index in [-0.39, 0.29) is 5.69 Å². The Bertz CT molecular complexity index is 515. The second-order valence-electron chi connectivity index (χ2n) is 2.89. The largest absolute Gasteiger partial charge is 0.350 e. The summed E-state index contributed by atoms with van der Waals surface area (Å²) in [5, 5.41) is 4.44. The average Bonchev–Trinajstić information content (AvgIpc) is 2.48. The molecule has 0 fully saturated rings. The summed E-state index contributed by atoms with van der Waals surface area (Å²) in [4.78, 5) is 11.5. The van der Waals surface area contributed by atoms with Crippen LogP contribution < -0.4 is 5.69 Å². The van der Waals surface area contributed by atoms with Crippen LogP contribution in [0.4, 0.5) is 0 Å². The molecule has 72 valence electrons. The number of halogens is 1. The van der Waals surface area contributed by atoms with Gasteiger partial charge in [-0.1, -0.05) is 17.7 Å². The Morgan fingerprint density at radius 1 is 1.43 bits per heavy atom. The van der Waals surface area contributed by atoms with Gasteiger partial charge in [-0.2, -0.15) is 5.10 Å². The van der Waals surface area contributed by atoms with Gasteiger partial charge in [-0.05, 0) is 18.2 Å². The highest BCUT2D eigenvalue weighted by Crippen LogP contribution is 2.12. The zero-order valence-corrected chi connectivity index (χ0v) is 8.27. The Balaban J connectivity index is 2.60. The van der Waals surface area contributed by atoms with Crippen LogP contribution in [0.5, 0.6) is 0 Å². The molecule has 0 radical (unpaired) electrons. The first-order chi connectivity index (χ1) is 6.68. The number of hydrogen-bond donors (Lipinski definition) is 0. The maximum atomic E-state index is 11.5. The molecule has 0 saturated heterocycles. The quantitative estimate of drug-likeness (QED) is 0.709. The van der Waals surface area contributed by atoms with Gasteiger partial charge in [0.1, 0.15) is 6.33 Å². The van der Waals surface area contributed by atoms with Gasteiger partial charge in [0.25, 0.3) is 0 Å². The third-order valence-electron chi connectivity index (χ3n) is 1.91. The van der Waals surface area contributed by atoms with Crippen molar-refractivity contribution in [2.75, 3.05) is 0 Å². The molecule has 0 N–H and O–H groups in total. The normalized spacial score (nSPS) is 10.4. The summed E-state index contributed by atoms with van der Waals surface area (Å²) in [6, 6.07) is 7.06. The number of nitrogens with zero attached hydrogens (tertiary/aromatic N) is 3. The van der Waals surface area contributed by atoms with Crippen LogP contribution >= 0.6 is 11.6 Å². The minimum Gasteiger partial charge on any atom is -0.250 e. The van der Waals surface area contributed by atoms with Crippen molar-refractivity contribution in [1.82, 2.24) is 14.3 Å².